The van der Waals surface area contributed by atoms with Crippen molar-refractivity contribution < 1.29 is 9.53 Å². The molecule has 3 aromatic rings. The zero-order valence-electron chi connectivity index (χ0n) is 18.6. The molecule has 166 valence electrons. The van der Waals surface area contributed by atoms with Crippen molar-refractivity contribution in [1.29, 1.82) is 0 Å². The monoisotopic (exact) mass is 429 g/mol. The average Bonchev–Trinajstić information content (AvgIpc) is 2.83. The van der Waals surface area contributed by atoms with E-state index >= 15 is 0 Å². The smallest absolute Gasteiger partial charge is 0.224 e. The van der Waals surface area contributed by atoms with Gasteiger partial charge in [-0.25, -0.2) is 0 Å². The van der Waals surface area contributed by atoms with Gasteiger partial charge in [0.05, 0.1) is 12.1 Å². The number of benzene rings is 2. The Bertz CT molecular complexity index is 1090. The van der Waals surface area contributed by atoms with E-state index in [4.69, 9.17) is 9.72 Å². The quantitative estimate of drug-likeness (QED) is 0.546. The lowest BCUT2D eigenvalue weighted by molar-refractivity contribution is -0.116. The molecule has 1 amide bonds. The summed E-state index contributed by atoms with van der Waals surface area (Å²) in [7, 11) is 0. The van der Waals surface area contributed by atoms with Crippen LogP contribution in [0.2, 0.25) is 0 Å². The Morgan fingerprint density at radius 1 is 1.03 bits per heavy atom. The Balaban J connectivity index is 1.03. The number of ether oxygens (including phenoxy) is 1. The first-order chi connectivity index (χ1) is 15.7. The molecular formula is C27H31N3O2. The summed E-state index contributed by atoms with van der Waals surface area (Å²) in [6.07, 6.45) is 5.95. The van der Waals surface area contributed by atoms with E-state index in [2.05, 4.69) is 52.7 Å². The fraction of sp³-hybridized carbons (Fsp3) is 0.407. The number of carbonyl (C=O) groups excluding carboxylic acids is 1. The third-order valence-corrected chi connectivity index (χ3v) is 6.72. The van der Waals surface area contributed by atoms with Crippen LogP contribution in [-0.4, -0.2) is 42.0 Å². The van der Waals surface area contributed by atoms with E-state index in [0.717, 1.165) is 68.4 Å². The summed E-state index contributed by atoms with van der Waals surface area (Å²) in [4.78, 5) is 18.9. The molecule has 0 aliphatic carbocycles. The van der Waals surface area contributed by atoms with Crippen LogP contribution in [0.15, 0.2) is 54.6 Å². The van der Waals surface area contributed by atoms with Crippen LogP contribution in [0.25, 0.3) is 10.9 Å². The van der Waals surface area contributed by atoms with Gasteiger partial charge in [0.15, 0.2) is 0 Å². The van der Waals surface area contributed by atoms with Crippen molar-refractivity contribution in [1.82, 2.24) is 9.88 Å². The lowest BCUT2D eigenvalue weighted by Gasteiger charge is -2.31. The molecule has 1 aromatic heterocycles. The predicted octanol–water partition coefficient (Wildman–Crippen LogP) is 4.84. The van der Waals surface area contributed by atoms with Crippen LogP contribution in [-0.2, 0) is 17.6 Å². The second-order valence-electron chi connectivity index (χ2n) is 9.05. The maximum Gasteiger partial charge on any atom is 0.224 e. The van der Waals surface area contributed by atoms with E-state index in [9.17, 15) is 4.79 Å². The highest BCUT2D eigenvalue weighted by molar-refractivity contribution is 5.94. The van der Waals surface area contributed by atoms with E-state index in [1.54, 1.807) is 0 Å². The fourth-order valence-corrected chi connectivity index (χ4v) is 4.86. The van der Waals surface area contributed by atoms with Crippen LogP contribution in [0.3, 0.4) is 0 Å². The molecule has 2 aromatic carbocycles. The van der Waals surface area contributed by atoms with Gasteiger partial charge in [0.1, 0.15) is 5.75 Å². The van der Waals surface area contributed by atoms with Crippen molar-refractivity contribution in [2.24, 2.45) is 5.92 Å². The van der Waals surface area contributed by atoms with E-state index in [0.29, 0.717) is 6.42 Å². The third kappa shape index (κ3) is 5.10. The summed E-state index contributed by atoms with van der Waals surface area (Å²) in [5.74, 6) is 1.73. The average molecular weight is 430 g/mol. The molecular weight excluding hydrogens is 398 g/mol. The van der Waals surface area contributed by atoms with Gasteiger partial charge in [0.2, 0.25) is 5.91 Å². The molecule has 1 N–H and O–H groups in total. The largest absolute Gasteiger partial charge is 0.494 e. The zero-order valence-corrected chi connectivity index (χ0v) is 18.6. The molecule has 0 saturated carbocycles. The molecule has 0 spiro atoms. The minimum absolute atomic E-state index is 0.100. The van der Waals surface area contributed by atoms with E-state index in [1.165, 1.54) is 29.5 Å². The van der Waals surface area contributed by atoms with E-state index < -0.39 is 0 Å². The van der Waals surface area contributed by atoms with Crippen LogP contribution in [0.1, 0.15) is 36.9 Å². The van der Waals surface area contributed by atoms with Crippen molar-refractivity contribution in [3.63, 3.8) is 0 Å². The first kappa shape index (κ1) is 21.0. The molecule has 0 atom stereocenters. The molecule has 5 heteroatoms. The maximum atomic E-state index is 11.5. The number of nitrogens with zero attached hydrogens (tertiary/aromatic N) is 2. The number of anilines is 1. The molecule has 0 unspecified atom stereocenters. The molecule has 5 nitrogen and oxygen atoms in total. The number of pyridine rings is 1. The number of amides is 1. The van der Waals surface area contributed by atoms with Gasteiger partial charge in [-0.15, -0.1) is 0 Å². The van der Waals surface area contributed by atoms with Crippen molar-refractivity contribution in [3.05, 3.63) is 65.9 Å². The second-order valence-corrected chi connectivity index (χ2v) is 9.05. The number of hydrogen-bond donors (Lipinski definition) is 1. The number of aryl methyl sites for hydroxylation is 1. The van der Waals surface area contributed by atoms with Crippen molar-refractivity contribution in [2.45, 2.75) is 38.5 Å². The number of aromatic nitrogens is 1. The lowest BCUT2D eigenvalue weighted by Crippen LogP contribution is -2.35. The summed E-state index contributed by atoms with van der Waals surface area (Å²) in [5.41, 5.74) is 4.42. The third-order valence-electron chi connectivity index (χ3n) is 6.72. The summed E-state index contributed by atoms with van der Waals surface area (Å²) < 4.78 is 5.98. The van der Waals surface area contributed by atoms with Gasteiger partial charge in [-0.3, -0.25) is 9.78 Å². The van der Waals surface area contributed by atoms with Gasteiger partial charge in [-0.1, -0.05) is 24.3 Å². The molecule has 32 heavy (non-hydrogen) atoms. The van der Waals surface area contributed by atoms with Gasteiger partial charge in [0.25, 0.3) is 0 Å². The molecule has 1 fully saturated rings. The number of hydrogen-bond acceptors (Lipinski definition) is 4. The van der Waals surface area contributed by atoms with Crippen molar-refractivity contribution in [3.8, 4) is 5.75 Å². The van der Waals surface area contributed by atoms with Gasteiger partial charge in [-0.2, -0.15) is 0 Å². The van der Waals surface area contributed by atoms with E-state index in [-0.39, 0.29) is 5.91 Å². The van der Waals surface area contributed by atoms with Crippen LogP contribution in [0.5, 0.6) is 5.75 Å². The molecule has 0 bridgehead atoms. The highest BCUT2D eigenvalue weighted by Gasteiger charge is 2.20. The first-order valence-electron chi connectivity index (χ1n) is 11.9. The Hall–Kier alpha value is -2.92. The minimum atomic E-state index is 0.100. The van der Waals surface area contributed by atoms with Gasteiger partial charge < -0.3 is 15.0 Å². The van der Waals surface area contributed by atoms with Crippen LogP contribution in [0.4, 0.5) is 5.69 Å². The lowest BCUT2D eigenvalue weighted by atomic mass is 9.91. The summed E-state index contributed by atoms with van der Waals surface area (Å²) in [6.45, 7) is 4.14. The van der Waals surface area contributed by atoms with Crippen molar-refractivity contribution >= 4 is 22.5 Å². The number of carbonyl (C=O) groups is 1. The second kappa shape index (κ2) is 9.70. The van der Waals surface area contributed by atoms with E-state index in [1.807, 2.05) is 12.1 Å². The van der Waals surface area contributed by atoms with Gasteiger partial charge in [-0.05, 0) is 87.0 Å². The molecule has 2 aliphatic heterocycles. The standard InChI is InChI=1S/C27H31N3O2/c31-27-11-7-22-19-24(9-10-26(22)29-27)32-17-3-14-30-15-12-20(13-16-30)18-23-8-6-21-4-1-2-5-25(21)28-23/h1-2,4-6,8-10,19-20H,3,7,11-18H2,(H,29,31). The van der Waals surface area contributed by atoms with Crippen LogP contribution in [0, 0.1) is 5.92 Å². The Morgan fingerprint density at radius 2 is 1.91 bits per heavy atom. The molecule has 5 rings (SSSR count). The van der Waals surface area contributed by atoms with Gasteiger partial charge >= 0.3 is 0 Å². The zero-order chi connectivity index (χ0) is 21.8. The molecule has 3 heterocycles. The molecule has 0 radical (unpaired) electrons. The first-order valence-corrected chi connectivity index (χ1v) is 11.9. The SMILES string of the molecule is O=C1CCc2cc(OCCCN3CCC(Cc4ccc5ccccc5n4)CC3)ccc2N1. The predicted molar refractivity (Wildman–Crippen MR) is 128 cm³/mol. The number of para-hydroxylation sites is 1. The summed E-state index contributed by atoms with van der Waals surface area (Å²) in [6, 6.07) is 18.7. The number of fused-ring (bicyclic) bond motifs is 2. The Morgan fingerprint density at radius 3 is 2.81 bits per heavy atom. The Labute approximate surface area is 189 Å². The topological polar surface area (TPSA) is 54.5 Å². The summed E-state index contributed by atoms with van der Waals surface area (Å²) >= 11 is 0. The number of nitrogens with one attached hydrogen (secondary N) is 1. The number of rotatable bonds is 7. The minimum Gasteiger partial charge on any atom is -0.494 e. The summed E-state index contributed by atoms with van der Waals surface area (Å²) in [5, 5.41) is 4.14. The maximum absolute atomic E-state index is 11.5. The van der Waals surface area contributed by atoms with Crippen LogP contribution >= 0.6 is 0 Å². The molecule has 1 saturated heterocycles. The van der Waals surface area contributed by atoms with Crippen molar-refractivity contribution in [2.75, 3.05) is 31.6 Å². The number of likely N-dealkylation sites (tertiary alicyclic amines) is 1. The molecule has 2 aliphatic rings. The van der Waals surface area contributed by atoms with Gasteiger partial charge in [0, 0.05) is 29.7 Å². The Kier molecular flexibility index (Phi) is 6.35. The number of piperidine rings is 1. The fourth-order valence-electron chi connectivity index (χ4n) is 4.86. The van der Waals surface area contributed by atoms with Crippen LogP contribution < -0.4 is 10.1 Å². The normalized spacial score (nSPS) is 17.2. The highest BCUT2D eigenvalue weighted by atomic mass is 16.5. The highest BCUT2D eigenvalue weighted by Crippen LogP contribution is 2.27.